The molecule has 0 bridgehead atoms. The number of amides is 2. The lowest BCUT2D eigenvalue weighted by molar-refractivity contribution is 0.167. The lowest BCUT2D eigenvalue weighted by atomic mass is 10.1. The Hall–Kier alpha value is -1.62. The third kappa shape index (κ3) is 3.35. The van der Waals surface area contributed by atoms with Crippen LogP contribution in [0.25, 0.3) is 0 Å². The average molecular weight is 292 g/mol. The van der Waals surface area contributed by atoms with Gasteiger partial charge in [0.25, 0.3) is 0 Å². The summed E-state index contributed by atoms with van der Waals surface area (Å²) in [5, 5.41) is 2.72. The lowest BCUT2D eigenvalue weighted by Crippen LogP contribution is -2.40. The van der Waals surface area contributed by atoms with E-state index in [2.05, 4.69) is 5.32 Å². The molecule has 2 fully saturated rings. The first kappa shape index (κ1) is 14.3. The van der Waals surface area contributed by atoms with Crippen LogP contribution in [-0.2, 0) is 4.74 Å². The summed E-state index contributed by atoms with van der Waals surface area (Å²) < 4.78 is 19.4. The number of anilines is 1. The van der Waals surface area contributed by atoms with Crippen molar-refractivity contribution in [2.45, 2.75) is 32.2 Å². The van der Waals surface area contributed by atoms with Gasteiger partial charge in [-0.3, -0.25) is 0 Å². The molecule has 0 aromatic heterocycles. The number of urea groups is 1. The van der Waals surface area contributed by atoms with E-state index in [0.717, 1.165) is 32.5 Å². The third-order valence-electron chi connectivity index (χ3n) is 4.16. The van der Waals surface area contributed by atoms with E-state index in [4.69, 9.17) is 4.74 Å². The summed E-state index contributed by atoms with van der Waals surface area (Å²) in [6, 6.07) is 5.15. The molecule has 2 amide bonds. The molecule has 1 aromatic rings. The number of hydrogen-bond acceptors (Lipinski definition) is 2. The normalized spacial score (nSPS) is 21.3. The van der Waals surface area contributed by atoms with Crippen molar-refractivity contribution in [3.8, 4) is 0 Å². The molecule has 21 heavy (non-hydrogen) atoms. The van der Waals surface area contributed by atoms with Crippen molar-refractivity contribution >= 4 is 11.7 Å². The maximum absolute atomic E-state index is 14.0. The number of nitrogens with one attached hydrogen (secondary N) is 1. The molecule has 1 atom stereocenters. The van der Waals surface area contributed by atoms with E-state index in [0.29, 0.717) is 24.1 Å². The molecule has 3 rings (SSSR count). The number of benzene rings is 1. The number of nitrogens with zero attached hydrogens (tertiary/aromatic N) is 1. The molecule has 1 aromatic carbocycles. The van der Waals surface area contributed by atoms with Gasteiger partial charge in [-0.1, -0.05) is 12.1 Å². The van der Waals surface area contributed by atoms with Gasteiger partial charge in [-0.2, -0.15) is 0 Å². The van der Waals surface area contributed by atoms with Crippen LogP contribution in [0.3, 0.4) is 0 Å². The molecular weight excluding hydrogens is 271 g/mol. The van der Waals surface area contributed by atoms with Gasteiger partial charge in [-0.25, -0.2) is 9.18 Å². The Labute approximate surface area is 124 Å². The Bertz CT molecular complexity index is 525. The molecule has 0 radical (unpaired) electrons. The van der Waals surface area contributed by atoms with E-state index < -0.39 is 0 Å². The quantitative estimate of drug-likeness (QED) is 0.926. The maximum atomic E-state index is 14.0. The second kappa shape index (κ2) is 6.02. The van der Waals surface area contributed by atoms with Gasteiger partial charge in [-0.15, -0.1) is 0 Å². The maximum Gasteiger partial charge on any atom is 0.322 e. The van der Waals surface area contributed by atoms with Crippen molar-refractivity contribution in [3.63, 3.8) is 0 Å². The van der Waals surface area contributed by atoms with Crippen LogP contribution in [0.1, 0.15) is 24.8 Å². The zero-order valence-corrected chi connectivity index (χ0v) is 12.3. The minimum absolute atomic E-state index is 0.200. The summed E-state index contributed by atoms with van der Waals surface area (Å²) in [5.41, 5.74) is 0.795. The van der Waals surface area contributed by atoms with Gasteiger partial charge >= 0.3 is 6.03 Å². The zero-order valence-electron chi connectivity index (χ0n) is 12.3. The van der Waals surface area contributed by atoms with E-state index in [1.54, 1.807) is 25.1 Å². The van der Waals surface area contributed by atoms with Crippen molar-refractivity contribution < 1.29 is 13.9 Å². The minimum Gasteiger partial charge on any atom is -0.381 e. The van der Waals surface area contributed by atoms with Crippen LogP contribution < -0.4 is 5.32 Å². The van der Waals surface area contributed by atoms with Gasteiger partial charge in [0.2, 0.25) is 0 Å². The molecule has 1 saturated carbocycles. The van der Waals surface area contributed by atoms with Crippen molar-refractivity contribution in [3.05, 3.63) is 29.6 Å². The molecule has 0 unspecified atom stereocenters. The highest BCUT2D eigenvalue weighted by Gasteiger charge is 2.35. The standard InChI is InChI=1S/C16H21FN2O2/c1-11-3-2-4-14(15(11)17)18-16(20)19(13-5-6-13)9-12-7-8-21-10-12/h2-4,12-13H,5-10H2,1H3,(H,18,20)/t12-/m1/s1. The van der Waals surface area contributed by atoms with Crippen molar-refractivity contribution in [1.29, 1.82) is 0 Å². The van der Waals surface area contributed by atoms with Gasteiger partial charge in [0.1, 0.15) is 5.82 Å². The summed E-state index contributed by atoms with van der Waals surface area (Å²) in [6.45, 7) is 3.88. The molecule has 0 spiro atoms. The molecule has 1 heterocycles. The van der Waals surface area contributed by atoms with Crippen LogP contribution in [0, 0.1) is 18.7 Å². The third-order valence-corrected chi connectivity index (χ3v) is 4.16. The largest absolute Gasteiger partial charge is 0.381 e. The number of ether oxygens (including phenoxy) is 1. The molecule has 1 saturated heterocycles. The highest BCUT2D eigenvalue weighted by atomic mass is 19.1. The van der Waals surface area contributed by atoms with Crippen molar-refractivity contribution in [2.24, 2.45) is 5.92 Å². The highest BCUT2D eigenvalue weighted by Crippen LogP contribution is 2.30. The Morgan fingerprint density at radius 2 is 2.24 bits per heavy atom. The monoisotopic (exact) mass is 292 g/mol. The van der Waals surface area contributed by atoms with Crippen molar-refractivity contribution in [2.75, 3.05) is 25.1 Å². The molecular formula is C16H21FN2O2. The summed E-state index contributed by atoms with van der Waals surface area (Å²) in [6.07, 6.45) is 3.07. The minimum atomic E-state index is -0.356. The van der Waals surface area contributed by atoms with E-state index in [1.807, 2.05) is 4.90 Å². The SMILES string of the molecule is Cc1cccc(NC(=O)N(C[C@H]2CCOC2)C2CC2)c1F. The van der Waals surface area contributed by atoms with E-state index >= 15 is 0 Å². The van der Waals surface area contributed by atoms with Crippen LogP contribution >= 0.6 is 0 Å². The molecule has 4 nitrogen and oxygen atoms in total. The van der Waals surface area contributed by atoms with Crippen molar-refractivity contribution in [1.82, 2.24) is 4.90 Å². The van der Waals surface area contributed by atoms with Crippen LogP contribution in [0.4, 0.5) is 14.9 Å². The Morgan fingerprint density at radius 1 is 1.43 bits per heavy atom. The lowest BCUT2D eigenvalue weighted by Gasteiger charge is -2.25. The fraction of sp³-hybridized carbons (Fsp3) is 0.562. The number of halogens is 1. The fourth-order valence-corrected chi connectivity index (χ4v) is 2.72. The van der Waals surface area contributed by atoms with Crippen LogP contribution in [0.2, 0.25) is 0 Å². The van der Waals surface area contributed by atoms with Crippen LogP contribution in [-0.4, -0.2) is 36.7 Å². The van der Waals surface area contributed by atoms with Gasteiger partial charge in [0.15, 0.2) is 0 Å². The van der Waals surface area contributed by atoms with Gasteiger partial charge in [0, 0.05) is 25.1 Å². The highest BCUT2D eigenvalue weighted by molar-refractivity contribution is 5.90. The number of aryl methyl sites for hydroxylation is 1. The molecule has 1 N–H and O–H groups in total. The summed E-state index contributed by atoms with van der Waals surface area (Å²) in [5.74, 6) is 0.0458. The molecule has 1 aliphatic heterocycles. The molecule has 1 aliphatic carbocycles. The zero-order chi connectivity index (χ0) is 14.8. The molecule has 5 heteroatoms. The Morgan fingerprint density at radius 3 is 2.90 bits per heavy atom. The van der Waals surface area contributed by atoms with Crippen LogP contribution in [0.5, 0.6) is 0 Å². The Balaban J connectivity index is 1.67. The van der Waals surface area contributed by atoms with Crippen LogP contribution in [0.15, 0.2) is 18.2 Å². The summed E-state index contributed by atoms with van der Waals surface area (Å²) in [7, 11) is 0. The first-order chi connectivity index (χ1) is 10.1. The second-order valence-corrected chi connectivity index (χ2v) is 5.98. The second-order valence-electron chi connectivity index (χ2n) is 5.98. The Kier molecular flexibility index (Phi) is 4.10. The van der Waals surface area contributed by atoms with Gasteiger partial charge < -0.3 is 15.0 Å². The number of carbonyl (C=O) groups is 1. The number of hydrogen-bond donors (Lipinski definition) is 1. The summed E-state index contributed by atoms with van der Waals surface area (Å²) in [4.78, 5) is 14.3. The van der Waals surface area contributed by atoms with Gasteiger partial charge in [-0.05, 0) is 37.8 Å². The molecule has 2 aliphatic rings. The number of rotatable bonds is 4. The first-order valence-corrected chi connectivity index (χ1v) is 7.55. The molecule has 114 valence electrons. The fourth-order valence-electron chi connectivity index (χ4n) is 2.72. The predicted octanol–water partition coefficient (Wildman–Crippen LogP) is 3.17. The number of carbonyl (C=O) groups excluding carboxylic acids is 1. The smallest absolute Gasteiger partial charge is 0.322 e. The first-order valence-electron chi connectivity index (χ1n) is 7.55. The van der Waals surface area contributed by atoms with Gasteiger partial charge in [0.05, 0.1) is 12.3 Å². The average Bonchev–Trinajstić information content (AvgIpc) is 3.17. The summed E-state index contributed by atoms with van der Waals surface area (Å²) >= 11 is 0. The van der Waals surface area contributed by atoms with E-state index in [9.17, 15) is 9.18 Å². The predicted molar refractivity (Wildman–Crippen MR) is 78.8 cm³/mol. The van der Waals surface area contributed by atoms with E-state index in [1.165, 1.54) is 0 Å². The topological polar surface area (TPSA) is 41.6 Å². The van der Waals surface area contributed by atoms with E-state index in [-0.39, 0.29) is 17.5 Å².